The average molecular weight is 316 g/mol. The van der Waals surface area contributed by atoms with Crippen LogP contribution in [0.4, 0.5) is 0 Å². The van der Waals surface area contributed by atoms with Crippen molar-refractivity contribution in [2.45, 2.75) is 71.0 Å². The molecule has 0 spiro atoms. The largest absolute Gasteiger partial charge is 0.388 e. The van der Waals surface area contributed by atoms with E-state index in [1.54, 1.807) is 5.57 Å². The van der Waals surface area contributed by atoms with E-state index in [9.17, 15) is 10.2 Å². The predicted molar refractivity (Wildman–Crippen MR) is 94.9 cm³/mol. The molecular formula is C21H32O2. The Kier molecular flexibility index (Phi) is 5.13. The maximum Gasteiger partial charge on any atom is 0.0809 e. The molecule has 128 valence electrons. The third-order valence-corrected chi connectivity index (χ3v) is 6.51. The van der Waals surface area contributed by atoms with Gasteiger partial charge in [0.2, 0.25) is 0 Å². The Balaban J connectivity index is 1.72. The molecule has 0 amide bonds. The number of allylic oxidation sites excluding steroid dienone is 3. The third-order valence-electron chi connectivity index (χ3n) is 6.51. The minimum absolute atomic E-state index is 0.572. The van der Waals surface area contributed by atoms with E-state index in [1.807, 2.05) is 0 Å². The molecule has 0 heterocycles. The van der Waals surface area contributed by atoms with Crippen molar-refractivity contribution in [3.05, 3.63) is 35.5 Å². The fourth-order valence-corrected chi connectivity index (χ4v) is 5.16. The van der Waals surface area contributed by atoms with Crippen LogP contribution in [0.15, 0.2) is 35.5 Å². The van der Waals surface area contributed by atoms with E-state index in [4.69, 9.17) is 0 Å². The molecule has 0 unspecified atom stereocenters. The van der Waals surface area contributed by atoms with Crippen LogP contribution in [0, 0.1) is 23.7 Å². The van der Waals surface area contributed by atoms with Crippen LogP contribution < -0.4 is 0 Å². The van der Waals surface area contributed by atoms with Gasteiger partial charge in [0, 0.05) is 0 Å². The second-order valence-electron chi connectivity index (χ2n) is 8.23. The van der Waals surface area contributed by atoms with E-state index in [1.165, 1.54) is 32.1 Å². The summed E-state index contributed by atoms with van der Waals surface area (Å²) in [5.74, 6) is 3.37. The minimum Gasteiger partial charge on any atom is -0.388 e. The van der Waals surface area contributed by atoms with Crippen molar-refractivity contribution >= 4 is 0 Å². The van der Waals surface area contributed by atoms with Crippen LogP contribution in [0.2, 0.25) is 0 Å². The summed E-state index contributed by atoms with van der Waals surface area (Å²) in [6, 6.07) is 0. The summed E-state index contributed by atoms with van der Waals surface area (Å²) in [7, 11) is 0. The van der Waals surface area contributed by atoms with Crippen LogP contribution in [0.5, 0.6) is 0 Å². The smallest absolute Gasteiger partial charge is 0.0809 e. The van der Waals surface area contributed by atoms with Gasteiger partial charge in [0.1, 0.15) is 0 Å². The summed E-state index contributed by atoms with van der Waals surface area (Å²) in [5, 5.41) is 20.0. The molecule has 0 aromatic heterocycles. The molecule has 3 rings (SSSR count). The molecule has 23 heavy (non-hydrogen) atoms. The van der Waals surface area contributed by atoms with Crippen molar-refractivity contribution in [1.82, 2.24) is 0 Å². The van der Waals surface area contributed by atoms with Gasteiger partial charge in [-0.2, -0.15) is 0 Å². The second kappa shape index (κ2) is 6.94. The Hall–Kier alpha value is -0.860. The van der Waals surface area contributed by atoms with Crippen molar-refractivity contribution in [2.24, 2.45) is 23.7 Å². The van der Waals surface area contributed by atoms with E-state index in [-0.39, 0.29) is 0 Å². The third kappa shape index (κ3) is 3.49. The summed E-state index contributed by atoms with van der Waals surface area (Å²) in [5.41, 5.74) is 3.35. The monoisotopic (exact) mass is 316 g/mol. The van der Waals surface area contributed by atoms with Gasteiger partial charge in [-0.1, -0.05) is 43.7 Å². The number of hydrogen-bond donors (Lipinski definition) is 2. The van der Waals surface area contributed by atoms with E-state index >= 15 is 0 Å². The van der Waals surface area contributed by atoms with Gasteiger partial charge >= 0.3 is 0 Å². The van der Waals surface area contributed by atoms with Gasteiger partial charge in [-0.15, -0.1) is 0 Å². The zero-order valence-corrected chi connectivity index (χ0v) is 14.7. The highest BCUT2D eigenvalue weighted by Gasteiger charge is 2.40. The highest BCUT2D eigenvalue weighted by molar-refractivity contribution is 5.28. The standard InChI is InChI=1S/C21H32O2/c1-13(2)17-9-10-18-16(5-4-6-19(17)18)8-7-15-11-20(22)14(3)21(23)12-15/h7-8,13,17-23H,3-6,9-12H2,1-2H3/t17-,18+,19-,20-,21-/m1/s1. The predicted octanol–water partition coefficient (Wildman–Crippen LogP) is 4.39. The second-order valence-corrected chi connectivity index (χ2v) is 8.23. The van der Waals surface area contributed by atoms with E-state index in [0.717, 1.165) is 29.2 Å². The fourth-order valence-electron chi connectivity index (χ4n) is 5.16. The lowest BCUT2D eigenvalue weighted by atomic mass is 9.72. The molecule has 3 fully saturated rings. The molecule has 2 heteroatoms. The van der Waals surface area contributed by atoms with E-state index < -0.39 is 12.2 Å². The van der Waals surface area contributed by atoms with Crippen LogP contribution in [-0.2, 0) is 0 Å². The van der Waals surface area contributed by atoms with Crippen molar-refractivity contribution in [1.29, 1.82) is 0 Å². The lowest BCUT2D eigenvalue weighted by molar-refractivity contribution is 0.123. The maximum absolute atomic E-state index is 9.98. The molecule has 0 aromatic rings. The molecule has 3 aliphatic rings. The maximum atomic E-state index is 9.98. The van der Waals surface area contributed by atoms with Gasteiger partial charge in [0.25, 0.3) is 0 Å². The number of aliphatic hydroxyl groups excluding tert-OH is 2. The van der Waals surface area contributed by atoms with Crippen LogP contribution in [0.1, 0.15) is 58.8 Å². The molecule has 0 aromatic carbocycles. The lowest BCUT2D eigenvalue weighted by Gasteiger charge is -2.33. The van der Waals surface area contributed by atoms with Gasteiger partial charge < -0.3 is 10.2 Å². The Morgan fingerprint density at radius 2 is 1.74 bits per heavy atom. The fraction of sp³-hybridized carbons (Fsp3) is 0.714. The Bertz CT molecular complexity index is 498. The molecule has 3 aliphatic carbocycles. The molecule has 0 saturated heterocycles. The molecule has 2 nitrogen and oxygen atoms in total. The first kappa shape index (κ1) is 17.0. The van der Waals surface area contributed by atoms with Crippen LogP contribution in [0.25, 0.3) is 0 Å². The summed E-state index contributed by atoms with van der Waals surface area (Å²) >= 11 is 0. The van der Waals surface area contributed by atoms with Gasteiger partial charge in [-0.3, -0.25) is 0 Å². The molecule has 3 saturated carbocycles. The van der Waals surface area contributed by atoms with Gasteiger partial charge in [-0.05, 0) is 74.2 Å². The summed E-state index contributed by atoms with van der Waals surface area (Å²) in [4.78, 5) is 0. The quantitative estimate of drug-likeness (QED) is 0.742. The van der Waals surface area contributed by atoms with Gasteiger partial charge in [0.15, 0.2) is 0 Å². The zero-order valence-electron chi connectivity index (χ0n) is 14.7. The van der Waals surface area contributed by atoms with E-state index in [0.29, 0.717) is 18.4 Å². The van der Waals surface area contributed by atoms with Gasteiger partial charge in [-0.25, -0.2) is 0 Å². The normalized spacial score (nSPS) is 39.9. The SMILES string of the molecule is C=C1[C@H](O)CC(=CC=C2CCC[C@@H]3[C@@H](C(C)C)CC[C@@H]23)C[C@H]1O. The van der Waals surface area contributed by atoms with E-state index in [2.05, 4.69) is 32.6 Å². The van der Waals surface area contributed by atoms with Gasteiger partial charge in [0.05, 0.1) is 12.2 Å². The average Bonchev–Trinajstić information content (AvgIpc) is 2.95. The zero-order chi connectivity index (χ0) is 16.6. The summed E-state index contributed by atoms with van der Waals surface area (Å²) in [6.07, 6.45) is 11.3. The summed E-state index contributed by atoms with van der Waals surface area (Å²) < 4.78 is 0. The van der Waals surface area contributed by atoms with Crippen LogP contribution in [0.3, 0.4) is 0 Å². The van der Waals surface area contributed by atoms with Crippen LogP contribution >= 0.6 is 0 Å². The number of aliphatic hydroxyl groups is 2. The number of fused-ring (bicyclic) bond motifs is 1. The topological polar surface area (TPSA) is 40.5 Å². The van der Waals surface area contributed by atoms with Crippen LogP contribution in [-0.4, -0.2) is 22.4 Å². The molecule has 0 radical (unpaired) electrons. The Morgan fingerprint density at radius 3 is 2.39 bits per heavy atom. The van der Waals surface area contributed by atoms with Crippen molar-refractivity contribution in [2.75, 3.05) is 0 Å². The Morgan fingerprint density at radius 1 is 1.04 bits per heavy atom. The molecule has 2 N–H and O–H groups in total. The number of hydrogen-bond acceptors (Lipinski definition) is 2. The lowest BCUT2D eigenvalue weighted by Crippen LogP contribution is -2.28. The minimum atomic E-state index is -0.584. The Labute approximate surface area is 141 Å². The van der Waals surface area contributed by atoms with Crippen molar-refractivity contribution < 1.29 is 10.2 Å². The molecular weight excluding hydrogens is 284 g/mol. The molecule has 0 bridgehead atoms. The number of rotatable bonds is 2. The first-order valence-corrected chi connectivity index (χ1v) is 9.40. The first-order chi connectivity index (χ1) is 11.0. The summed E-state index contributed by atoms with van der Waals surface area (Å²) in [6.45, 7) is 8.55. The molecule has 0 aliphatic heterocycles. The highest BCUT2D eigenvalue weighted by Crippen LogP contribution is 2.50. The molecule has 5 atom stereocenters. The first-order valence-electron chi connectivity index (χ1n) is 9.40. The van der Waals surface area contributed by atoms with Crippen molar-refractivity contribution in [3.8, 4) is 0 Å². The van der Waals surface area contributed by atoms with Crippen molar-refractivity contribution in [3.63, 3.8) is 0 Å². The highest BCUT2D eigenvalue weighted by atomic mass is 16.3.